The van der Waals surface area contributed by atoms with Crippen LogP contribution in [-0.4, -0.2) is 26.9 Å². The van der Waals surface area contributed by atoms with Gasteiger partial charge in [-0.3, -0.25) is 0 Å². The highest BCUT2D eigenvalue weighted by Gasteiger charge is 2.22. The molecule has 2 rings (SSSR count). The molecule has 3 heteroatoms. The van der Waals surface area contributed by atoms with Crippen molar-refractivity contribution in [2.75, 3.05) is 26.9 Å². The molecule has 0 saturated heterocycles. The van der Waals surface area contributed by atoms with E-state index in [9.17, 15) is 0 Å². The van der Waals surface area contributed by atoms with Crippen molar-refractivity contribution in [1.29, 1.82) is 0 Å². The minimum atomic E-state index is 0.458. The van der Waals surface area contributed by atoms with Crippen LogP contribution in [-0.2, 0) is 11.2 Å². The number of ether oxygens (including phenoxy) is 2. The fourth-order valence-electron chi connectivity index (χ4n) is 2.57. The molecule has 3 nitrogen and oxygen atoms in total. The Bertz CT molecular complexity index is 392. The smallest absolute Gasteiger partial charge is 0.119 e. The lowest BCUT2D eigenvalue weighted by Gasteiger charge is -2.15. The van der Waals surface area contributed by atoms with Crippen molar-refractivity contribution in [3.63, 3.8) is 0 Å². The van der Waals surface area contributed by atoms with Gasteiger partial charge in [0, 0.05) is 19.2 Å². The van der Waals surface area contributed by atoms with Gasteiger partial charge in [-0.15, -0.1) is 0 Å². The van der Waals surface area contributed by atoms with Crippen molar-refractivity contribution >= 4 is 0 Å². The molecule has 0 amide bonds. The van der Waals surface area contributed by atoms with Gasteiger partial charge in [0.05, 0.1) is 13.7 Å². The Balaban J connectivity index is 1.78. The summed E-state index contributed by atoms with van der Waals surface area (Å²) >= 11 is 0. The average molecular weight is 263 g/mol. The number of rotatable bonds is 8. The van der Waals surface area contributed by atoms with E-state index in [1.807, 2.05) is 0 Å². The molecule has 0 saturated carbocycles. The molecule has 1 aromatic rings. The second-order valence-electron chi connectivity index (χ2n) is 5.08. The van der Waals surface area contributed by atoms with Gasteiger partial charge in [0.25, 0.3) is 0 Å². The standard InChI is InChI=1S/C16H25NO2/c1-3-4-10-19-11-9-17-16-8-6-13-5-7-14(18-2)12-15(13)16/h5,7,12,16-17H,3-4,6,8-11H2,1-2H3. The first-order chi connectivity index (χ1) is 9.35. The Morgan fingerprint density at radius 3 is 3.00 bits per heavy atom. The quantitative estimate of drug-likeness (QED) is 0.731. The molecule has 1 aliphatic rings. The Labute approximate surface area is 116 Å². The molecule has 0 aromatic heterocycles. The van der Waals surface area contributed by atoms with Crippen LogP contribution in [0.4, 0.5) is 0 Å². The highest BCUT2D eigenvalue weighted by molar-refractivity contribution is 5.40. The number of unbranched alkanes of at least 4 members (excludes halogenated alkanes) is 1. The third kappa shape index (κ3) is 3.95. The van der Waals surface area contributed by atoms with E-state index < -0.39 is 0 Å². The van der Waals surface area contributed by atoms with Crippen molar-refractivity contribution in [3.05, 3.63) is 29.3 Å². The van der Waals surface area contributed by atoms with Gasteiger partial charge in [-0.25, -0.2) is 0 Å². The minimum absolute atomic E-state index is 0.458. The second kappa shape index (κ2) is 7.51. The second-order valence-corrected chi connectivity index (χ2v) is 5.08. The molecule has 0 heterocycles. The summed E-state index contributed by atoms with van der Waals surface area (Å²) in [6.45, 7) is 4.79. The number of methoxy groups -OCH3 is 1. The number of fused-ring (bicyclic) bond motifs is 1. The molecule has 0 bridgehead atoms. The van der Waals surface area contributed by atoms with Gasteiger partial charge < -0.3 is 14.8 Å². The average Bonchev–Trinajstić information content (AvgIpc) is 2.85. The lowest BCUT2D eigenvalue weighted by Crippen LogP contribution is -2.24. The molecule has 1 N–H and O–H groups in total. The molecule has 0 fully saturated rings. The number of benzene rings is 1. The molecular weight excluding hydrogens is 238 g/mol. The molecule has 1 unspecified atom stereocenters. The van der Waals surface area contributed by atoms with Crippen LogP contribution in [0.5, 0.6) is 5.75 Å². The summed E-state index contributed by atoms with van der Waals surface area (Å²) in [5.74, 6) is 0.951. The number of nitrogens with one attached hydrogen (secondary N) is 1. The molecule has 1 aromatic carbocycles. The Morgan fingerprint density at radius 2 is 2.21 bits per heavy atom. The maximum absolute atomic E-state index is 5.58. The minimum Gasteiger partial charge on any atom is -0.497 e. The van der Waals surface area contributed by atoms with Gasteiger partial charge in [-0.2, -0.15) is 0 Å². The zero-order valence-electron chi connectivity index (χ0n) is 12.1. The first kappa shape index (κ1) is 14.4. The third-order valence-electron chi connectivity index (χ3n) is 3.71. The van der Waals surface area contributed by atoms with Gasteiger partial charge in [0.2, 0.25) is 0 Å². The van der Waals surface area contributed by atoms with Crippen LogP contribution >= 0.6 is 0 Å². The first-order valence-electron chi connectivity index (χ1n) is 7.33. The highest BCUT2D eigenvalue weighted by Crippen LogP contribution is 2.33. The first-order valence-corrected chi connectivity index (χ1v) is 7.33. The van der Waals surface area contributed by atoms with Crippen LogP contribution < -0.4 is 10.1 Å². The number of hydrogen-bond acceptors (Lipinski definition) is 3. The summed E-state index contributed by atoms with van der Waals surface area (Å²) < 4.78 is 10.9. The van der Waals surface area contributed by atoms with Crippen LogP contribution in [0.3, 0.4) is 0 Å². The van der Waals surface area contributed by atoms with Gasteiger partial charge in [-0.05, 0) is 42.5 Å². The van der Waals surface area contributed by atoms with Crippen LogP contribution in [0.15, 0.2) is 18.2 Å². The predicted octanol–water partition coefficient (Wildman–Crippen LogP) is 3.09. The van der Waals surface area contributed by atoms with Gasteiger partial charge in [0.15, 0.2) is 0 Å². The number of hydrogen-bond donors (Lipinski definition) is 1. The summed E-state index contributed by atoms with van der Waals surface area (Å²) in [6.07, 6.45) is 4.69. The molecule has 1 atom stereocenters. The van der Waals surface area contributed by atoms with E-state index in [1.165, 1.54) is 24.0 Å². The van der Waals surface area contributed by atoms with Crippen molar-refractivity contribution in [1.82, 2.24) is 5.32 Å². The fraction of sp³-hybridized carbons (Fsp3) is 0.625. The Kier molecular flexibility index (Phi) is 5.67. The largest absolute Gasteiger partial charge is 0.497 e. The third-order valence-corrected chi connectivity index (χ3v) is 3.71. The van der Waals surface area contributed by atoms with Crippen LogP contribution in [0, 0.1) is 0 Å². The fourth-order valence-corrected chi connectivity index (χ4v) is 2.57. The molecule has 0 aliphatic heterocycles. The maximum atomic E-state index is 5.58. The molecule has 106 valence electrons. The van der Waals surface area contributed by atoms with Crippen LogP contribution in [0.2, 0.25) is 0 Å². The zero-order chi connectivity index (χ0) is 13.5. The molecule has 0 radical (unpaired) electrons. The zero-order valence-corrected chi connectivity index (χ0v) is 12.1. The molecule has 19 heavy (non-hydrogen) atoms. The van der Waals surface area contributed by atoms with E-state index in [4.69, 9.17) is 9.47 Å². The van der Waals surface area contributed by atoms with Gasteiger partial charge in [-0.1, -0.05) is 19.4 Å². The van der Waals surface area contributed by atoms with E-state index in [1.54, 1.807) is 7.11 Å². The maximum Gasteiger partial charge on any atom is 0.119 e. The topological polar surface area (TPSA) is 30.5 Å². The van der Waals surface area contributed by atoms with Crippen molar-refractivity contribution in [2.24, 2.45) is 0 Å². The SMILES string of the molecule is CCCCOCCNC1CCc2ccc(OC)cc21. The predicted molar refractivity (Wildman–Crippen MR) is 77.8 cm³/mol. The van der Waals surface area contributed by atoms with Gasteiger partial charge in [0.1, 0.15) is 5.75 Å². The summed E-state index contributed by atoms with van der Waals surface area (Å²) in [6, 6.07) is 6.86. The van der Waals surface area contributed by atoms with E-state index in [0.717, 1.165) is 38.3 Å². The monoisotopic (exact) mass is 263 g/mol. The lowest BCUT2D eigenvalue weighted by molar-refractivity contribution is 0.131. The van der Waals surface area contributed by atoms with E-state index in [0.29, 0.717) is 6.04 Å². The summed E-state index contributed by atoms with van der Waals surface area (Å²) in [5, 5.41) is 3.59. The Morgan fingerprint density at radius 1 is 1.32 bits per heavy atom. The molecular formula is C16H25NO2. The van der Waals surface area contributed by atoms with Crippen LogP contribution in [0.25, 0.3) is 0 Å². The van der Waals surface area contributed by atoms with E-state index >= 15 is 0 Å². The lowest BCUT2D eigenvalue weighted by atomic mass is 10.1. The van der Waals surface area contributed by atoms with Crippen molar-refractivity contribution in [3.8, 4) is 5.75 Å². The summed E-state index contributed by atoms with van der Waals surface area (Å²) in [4.78, 5) is 0. The summed E-state index contributed by atoms with van der Waals surface area (Å²) in [5.41, 5.74) is 2.85. The highest BCUT2D eigenvalue weighted by atomic mass is 16.5. The number of aryl methyl sites for hydroxylation is 1. The molecule has 1 aliphatic carbocycles. The van der Waals surface area contributed by atoms with Crippen LogP contribution in [0.1, 0.15) is 43.4 Å². The van der Waals surface area contributed by atoms with E-state index in [2.05, 4.69) is 30.4 Å². The van der Waals surface area contributed by atoms with Crippen molar-refractivity contribution in [2.45, 2.75) is 38.6 Å². The normalized spacial score (nSPS) is 17.5. The van der Waals surface area contributed by atoms with E-state index in [-0.39, 0.29) is 0 Å². The van der Waals surface area contributed by atoms with Crippen molar-refractivity contribution < 1.29 is 9.47 Å². The molecule has 0 spiro atoms. The Hall–Kier alpha value is -1.06. The van der Waals surface area contributed by atoms with Gasteiger partial charge >= 0.3 is 0 Å². The summed E-state index contributed by atoms with van der Waals surface area (Å²) in [7, 11) is 1.72.